The zero-order valence-electron chi connectivity index (χ0n) is 11.0. The maximum Gasteiger partial charge on any atom is 0.278 e. The molecule has 0 aliphatic heterocycles. The van der Waals surface area contributed by atoms with E-state index in [-0.39, 0.29) is 17.0 Å². The number of nitro benzene ring substituents is 1. The smallest absolute Gasteiger partial charge is 0.278 e. The summed E-state index contributed by atoms with van der Waals surface area (Å²) in [7, 11) is 0. The second-order valence-electron chi connectivity index (χ2n) is 4.16. The molecule has 0 fully saturated rings. The fourth-order valence-electron chi connectivity index (χ4n) is 1.67. The Morgan fingerprint density at radius 1 is 1.27 bits per heavy atom. The summed E-state index contributed by atoms with van der Waals surface area (Å²) in [5.41, 5.74) is 2.37. The lowest BCUT2D eigenvalue weighted by Gasteiger charge is -2.06. The van der Waals surface area contributed by atoms with E-state index >= 15 is 0 Å². The van der Waals surface area contributed by atoms with E-state index in [4.69, 9.17) is 0 Å². The summed E-state index contributed by atoms with van der Waals surface area (Å²) in [6.45, 7) is 0. The number of hydrogen-bond acceptors (Lipinski definition) is 5. The van der Waals surface area contributed by atoms with Crippen LogP contribution < -0.4 is 10.5 Å². The third kappa shape index (κ3) is 3.67. The van der Waals surface area contributed by atoms with Gasteiger partial charge in [0.2, 0.25) is 0 Å². The fraction of sp³-hybridized carbons (Fsp3) is 0. The molecule has 2 aromatic rings. The van der Waals surface area contributed by atoms with Crippen molar-refractivity contribution >= 4 is 33.7 Å². The van der Waals surface area contributed by atoms with Gasteiger partial charge in [-0.3, -0.25) is 14.9 Å². The molecule has 2 aromatic carbocycles. The minimum absolute atomic E-state index is 0.0185. The second-order valence-corrected chi connectivity index (χ2v) is 5.01. The molecule has 1 amide bonds. The van der Waals surface area contributed by atoms with Crippen LogP contribution >= 0.6 is 15.9 Å². The Bertz CT molecular complexity index is 762. The Hall–Kier alpha value is -2.74. The molecular weight excluding hydrogens is 354 g/mol. The summed E-state index contributed by atoms with van der Waals surface area (Å²) in [6.07, 6.45) is 1.06. The molecule has 0 saturated carbocycles. The SMILES string of the molecule is O=C(N/N=C\c1cc([O-])ccc1[N+](=O)[O-])c1ccccc1Br. The van der Waals surface area contributed by atoms with Crippen molar-refractivity contribution < 1.29 is 14.8 Å². The molecule has 0 radical (unpaired) electrons. The van der Waals surface area contributed by atoms with E-state index in [0.717, 1.165) is 24.4 Å². The molecule has 0 unspecified atom stereocenters. The molecule has 7 nitrogen and oxygen atoms in total. The lowest BCUT2D eigenvalue weighted by molar-refractivity contribution is -0.385. The van der Waals surface area contributed by atoms with Gasteiger partial charge in [0.25, 0.3) is 11.6 Å². The van der Waals surface area contributed by atoms with Gasteiger partial charge in [0.1, 0.15) is 0 Å². The van der Waals surface area contributed by atoms with Crippen LogP contribution in [0.1, 0.15) is 15.9 Å². The minimum atomic E-state index is -0.629. The van der Waals surface area contributed by atoms with Crippen molar-refractivity contribution in [1.29, 1.82) is 0 Å². The number of benzene rings is 2. The lowest BCUT2D eigenvalue weighted by Crippen LogP contribution is -2.18. The number of amides is 1. The third-order valence-corrected chi connectivity index (χ3v) is 3.38. The molecule has 1 N–H and O–H groups in total. The van der Waals surface area contributed by atoms with E-state index in [1.54, 1.807) is 24.3 Å². The van der Waals surface area contributed by atoms with Crippen molar-refractivity contribution in [2.45, 2.75) is 0 Å². The predicted molar refractivity (Wildman–Crippen MR) is 81.7 cm³/mol. The van der Waals surface area contributed by atoms with E-state index in [9.17, 15) is 20.0 Å². The Morgan fingerprint density at radius 2 is 2.00 bits per heavy atom. The summed E-state index contributed by atoms with van der Waals surface area (Å²) < 4.78 is 0.593. The third-order valence-electron chi connectivity index (χ3n) is 2.68. The van der Waals surface area contributed by atoms with Gasteiger partial charge < -0.3 is 5.11 Å². The Kier molecular flexibility index (Phi) is 4.84. The molecule has 0 spiro atoms. The lowest BCUT2D eigenvalue weighted by atomic mass is 10.2. The Labute approximate surface area is 133 Å². The van der Waals surface area contributed by atoms with Crippen molar-refractivity contribution in [2.24, 2.45) is 5.10 Å². The standard InChI is InChI=1S/C14H10BrN3O4/c15-12-4-2-1-3-11(12)14(20)17-16-8-9-7-10(19)5-6-13(9)18(21)22/h1-8,19H,(H,17,20)/p-1/b16-8-. The van der Waals surface area contributed by atoms with Crippen LogP contribution in [0.15, 0.2) is 52.0 Å². The number of nitro groups is 1. The van der Waals surface area contributed by atoms with Gasteiger partial charge in [0, 0.05) is 10.5 Å². The van der Waals surface area contributed by atoms with Crippen LogP contribution in [0.25, 0.3) is 0 Å². The number of rotatable bonds is 4. The van der Waals surface area contributed by atoms with Gasteiger partial charge in [-0.15, -0.1) is 5.75 Å². The largest absolute Gasteiger partial charge is 0.872 e. The number of carbonyl (C=O) groups is 1. The molecule has 0 saturated heterocycles. The number of nitrogens with zero attached hydrogens (tertiary/aromatic N) is 2. The van der Waals surface area contributed by atoms with Crippen LogP contribution in [0, 0.1) is 10.1 Å². The molecule has 0 aromatic heterocycles. The van der Waals surface area contributed by atoms with Crippen molar-refractivity contribution in [3.8, 4) is 5.75 Å². The number of hydrazone groups is 1. The summed E-state index contributed by atoms with van der Waals surface area (Å²) in [6, 6.07) is 10.0. The van der Waals surface area contributed by atoms with E-state index < -0.39 is 10.8 Å². The van der Waals surface area contributed by atoms with E-state index in [1.165, 1.54) is 0 Å². The van der Waals surface area contributed by atoms with Crippen LogP contribution in [0.2, 0.25) is 0 Å². The van der Waals surface area contributed by atoms with Crippen molar-refractivity contribution in [3.63, 3.8) is 0 Å². The molecule has 0 atom stereocenters. The average Bonchev–Trinajstić information content (AvgIpc) is 2.47. The first kappa shape index (κ1) is 15.6. The van der Waals surface area contributed by atoms with Gasteiger partial charge >= 0.3 is 0 Å². The number of hydrogen-bond donors (Lipinski definition) is 1. The normalized spacial score (nSPS) is 10.6. The summed E-state index contributed by atoms with van der Waals surface area (Å²) in [5, 5.41) is 25.7. The highest BCUT2D eigenvalue weighted by atomic mass is 79.9. The first-order chi connectivity index (χ1) is 10.5. The number of nitrogens with one attached hydrogen (secondary N) is 1. The quantitative estimate of drug-likeness (QED) is 0.510. The monoisotopic (exact) mass is 362 g/mol. The molecule has 0 heterocycles. The highest BCUT2D eigenvalue weighted by Crippen LogP contribution is 2.20. The molecule has 0 aliphatic rings. The second kappa shape index (κ2) is 6.81. The van der Waals surface area contributed by atoms with E-state index in [1.807, 2.05) is 0 Å². The highest BCUT2D eigenvalue weighted by Gasteiger charge is 2.11. The van der Waals surface area contributed by atoms with Crippen molar-refractivity contribution in [3.05, 3.63) is 68.2 Å². The zero-order valence-corrected chi connectivity index (χ0v) is 12.6. The predicted octanol–water partition coefficient (Wildman–Crippen LogP) is 2.19. The first-order valence-corrected chi connectivity index (χ1v) is 6.81. The van der Waals surface area contributed by atoms with Gasteiger partial charge in [-0.2, -0.15) is 5.10 Å². The Morgan fingerprint density at radius 3 is 2.68 bits per heavy atom. The molecule has 0 bridgehead atoms. The number of halogens is 1. The fourth-order valence-corrected chi connectivity index (χ4v) is 2.13. The van der Waals surface area contributed by atoms with E-state index in [2.05, 4.69) is 26.5 Å². The van der Waals surface area contributed by atoms with Gasteiger partial charge in [-0.1, -0.05) is 24.3 Å². The van der Waals surface area contributed by atoms with Crippen LogP contribution in [0.5, 0.6) is 5.75 Å². The first-order valence-electron chi connectivity index (χ1n) is 6.02. The molecule has 0 aliphatic carbocycles. The van der Waals surface area contributed by atoms with Gasteiger partial charge in [0.15, 0.2) is 0 Å². The van der Waals surface area contributed by atoms with Crippen LogP contribution in [0.3, 0.4) is 0 Å². The van der Waals surface area contributed by atoms with Crippen LogP contribution in [-0.2, 0) is 0 Å². The molecule has 112 valence electrons. The topological polar surface area (TPSA) is 108 Å². The maximum atomic E-state index is 11.9. The molecular formula is C14H9BrN3O4-. The van der Waals surface area contributed by atoms with Gasteiger partial charge in [-0.25, -0.2) is 5.43 Å². The van der Waals surface area contributed by atoms with Crippen molar-refractivity contribution in [2.75, 3.05) is 0 Å². The van der Waals surface area contributed by atoms with Gasteiger partial charge in [-0.05, 0) is 28.1 Å². The average molecular weight is 363 g/mol. The summed E-state index contributed by atoms with van der Waals surface area (Å²) in [5.74, 6) is -0.867. The van der Waals surface area contributed by atoms with Crippen LogP contribution in [-0.4, -0.2) is 17.0 Å². The number of carbonyl (C=O) groups excluding carboxylic acids is 1. The highest BCUT2D eigenvalue weighted by molar-refractivity contribution is 9.10. The summed E-state index contributed by atoms with van der Waals surface area (Å²) >= 11 is 3.23. The Balaban J connectivity index is 2.17. The maximum absolute atomic E-state index is 11.9. The molecule has 22 heavy (non-hydrogen) atoms. The molecule has 2 rings (SSSR count). The van der Waals surface area contributed by atoms with E-state index in [0.29, 0.717) is 10.0 Å². The zero-order chi connectivity index (χ0) is 16.1. The van der Waals surface area contributed by atoms with Crippen molar-refractivity contribution in [1.82, 2.24) is 5.43 Å². The van der Waals surface area contributed by atoms with Gasteiger partial charge in [0.05, 0.1) is 22.3 Å². The summed E-state index contributed by atoms with van der Waals surface area (Å²) in [4.78, 5) is 22.1. The van der Waals surface area contributed by atoms with Crippen LogP contribution in [0.4, 0.5) is 5.69 Å². The molecule has 8 heteroatoms. The minimum Gasteiger partial charge on any atom is -0.872 e.